The molecule has 0 radical (unpaired) electrons. The van der Waals surface area contributed by atoms with Gasteiger partial charge >= 0.3 is 6.03 Å². The maximum atomic E-state index is 13.9. The number of amides is 3. The molecule has 0 saturated carbocycles. The van der Waals surface area contributed by atoms with E-state index in [0.29, 0.717) is 6.54 Å². The summed E-state index contributed by atoms with van der Waals surface area (Å²) in [4.78, 5) is 26.4. The lowest BCUT2D eigenvalue weighted by Gasteiger charge is -2.14. The summed E-state index contributed by atoms with van der Waals surface area (Å²) in [5, 5.41) is 5.76. The number of primary amides is 1. The van der Waals surface area contributed by atoms with Gasteiger partial charge in [0.05, 0.1) is 0 Å². The van der Waals surface area contributed by atoms with Crippen LogP contribution in [0.5, 0.6) is 5.88 Å². The number of halogens is 2. The molecule has 3 amide bonds. The van der Waals surface area contributed by atoms with Crippen molar-refractivity contribution in [3.05, 3.63) is 40.2 Å². The van der Waals surface area contributed by atoms with Crippen LogP contribution in [0, 0.1) is 5.82 Å². The van der Waals surface area contributed by atoms with E-state index in [1.54, 1.807) is 0 Å². The van der Waals surface area contributed by atoms with Crippen LogP contribution in [0.1, 0.15) is 35.2 Å². The molecule has 0 spiro atoms. The van der Waals surface area contributed by atoms with Crippen molar-refractivity contribution in [1.29, 1.82) is 0 Å². The SMILES string of the molecule is NC(=O)c1c(OCc2ccc(Cl)cc2F)nsc1NC(=O)NCCCN1CCCC1. The number of likely N-dealkylation sites (tertiary alicyclic amines) is 1. The summed E-state index contributed by atoms with van der Waals surface area (Å²) in [6.07, 6.45) is 3.29. The van der Waals surface area contributed by atoms with Crippen LogP contribution < -0.4 is 21.1 Å². The lowest BCUT2D eigenvalue weighted by atomic mass is 10.2. The third-order valence-electron chi connectivity index (χ3n) is 4.65. The van der Waals surface area contributed by atoms with E-state index >= 15 is 0 Å². The molecule has 30 heavy (non-hydrogen) atoms. The minimum atomic E-state index is -0.806. The Labute approximate surface area is 182 Å². The van der Waals surface area contributed by atoms with Crippen molar-refractivity contribution in [2.24, 2.45) is 5.73 Å². The van der Waals surface area contributed by atoms with Gasteiger partial charge < -0.3 is 20.7 Å². The highest BCUT2D eigenvalue weighted by molar-refractivity contribution is 7.11. The third-order valence-corrected chi connectivity index (χ3v) is 5.63. The molecule has 2 aromatic rings. The number of benzene rings is 1. The fourth-order valence-corrected chi connectivity index (χ4v) is 4.01. The Kier molecular flexibility index (Phi) is 7.83. The summed E-state index contributed by atoms with van der Waals surface area (Å²) in [5.41, 5.74) is 5.61. The Morgan fingerprint density at radius 2 is 2.10 bits per heavy atom. The molecule has 1 saturated heterocycles. The second-order valence-corrected chi connectivity index (χ2v) is 8.07. The summed E-state index contributed by atoms with van der Waals surface area (Å²) >= 11 is 6.59. The molecule has 11 heteroatoms. The fourth-order valence-electron chi connectivity index (χ4n) is 3.12. The zero-order valence-corrected chi connectivity index (χ0v) is 17.8. The number of carbonyl (C=O) groups is 2. The van der Waals surface area contributed by atoms with Crippen molar-refractivity contribution >= 4 is 40.1 Å². The van der Waals surface area contributed by atoms with Crippen molar-refractivity contribution in [1.82, 2.24) is 14.6 Å². The molecule has 2 heterocycles. The largest absolute Gasteiger partial charge is 0.471 e. The van der Waals surface area contributed by atoms with Gasteiger partial charge in [0.25, 0.3) is 5.91 Å². The molecule has 3 rings (SSSR count). The molecular weight excluding hydrogens is 433 g/mol. The molecule has 8 nitrogen and oxygen atoms in total. The van der Waals surface area contributed by atoms with E-state index in [0.717, 1.165) is 43.7 Å². The molecule has 0 bridgehead atoms. The van der Waals surface area contributed by atoms with E-state index in [-0.39, 0.29) is 33.6 Å². The van der Waals surface area contributed by atoms with Gasteiger partial charge in [-0.05, 0) is 62.6 Å². The third kappa shape index (κ3) is 6.04. The number of hydrogen-bond donors (Lipinski definition) is 3. The second kappa shape index (κ2) is 10.6. The summed E-state index contributed by atoms with van der Waals surface area (Å²) in [5.74, 6) is -1.41. The number of ether oxygens (including phenoxy) is 1. The predicted octanol–water partition coefficient (Wildman–Crippen LogP) is 3.22. The van der Waals surface area contributed by atoms with Crippen molar-refractivity contribution in [2.45, 2.75) is 25.9 Å². The van der Waals surface area contributed by atoms with Crippen LogP contribution in [0.3, 0.4) is 0 Å². The molecule has 1 aliphatic rings. The summed E-state index contributed by atoms with van der Waals surface area (Å²) in [7, 11) is 0. The zero-order chi connectivity index (χ0) is 21.5. The van der Waals surface area contributed by atoms with Crippen molar-refractivity contribution in [3.63, 3.8) is 0 Å². The average molecular weight is 456 g/mol. The lowest BCUT2D eigenvalue weighted by Crippen LogP contribution is -2.32. The van der Waals surface area contributed by atoms with Crippen LogP contribution in [0.4, 0.5) is 14.2 Å². The first-order chi connectivity index (χ1) is 14.4. The maximum Gasteiger partial charge on any atom is 0.319 e. The van der Waals surface area contributed by atoms with Gasteiger partial charge in [0.15, 0.2) is 0 Å². The number of nitrogens with one attached hydrogen (secondary N) is 2. The van der Waals surface area contributed by atoms with Gasteiger partial charge in [-0.1, -0.05) is 17.7 Å². The molecule has 0 atom stereocenters. The van der Waals surface area contributed by atoms with Gasteiger partial charge in [-0.15, -0.1) is 0 Å². The van der Waals surface area contributed by atoms with E-state index in [4.69, 9.17) is 22.1 Å². The Morgan fingerprint density at radius 3 is 2.80 bits per heavy atom. The van der Waals surface area contributed by atoms with E-state index in [9.17, 15) is 14.0 Å². The first kappa shape index (κ1) is 22.3. The molecule has 0 unspecified atom stereocenters. The molecule has 1 aromatic heterocycles. The van der Waals surface area contributed by atoms with Crippen LogP contribution in [0.25, 0.3) is 0 Å². The molecule has 1 aliphatic heterocycles. The number of hydrogen-bond acceptors (Lipinski definition) is 6. The lowest BCUT2D eigenvalue weighted by molar-refractivity contribution is 0.0996. The summed E-state index contributed by atoms with van der Waals surface area (Å²) in [6, 6.07) is 3.71. The van der Waals surface area contributed by atoms with Gasteiger partial charge in [-0.25, -0.2) is 9.18 Å². The predicted molar refractivity (Wildman–Crippen MR) is 114 cm³/mol. The molecule has 1 aromatic carbocycles. The fraction of sp³-hybridized carbons (Fsp3) is 0.421. The zero-order valence-electron chi connectivity index (χ0n) is 16.2. The molecule has 0 aliphatic carbocycles. The van der Waals surface area contributed by atoms with E-state index in [2.05, 4.69) is 19.9 Å². The first-order valence-electron chi connectivity index (χ1n) is 9.57. The first-order valence-corrected chi connectivity index (χ1v) is 10.7. The Hall–Kier alpha value is -2.43. The molecular formula is C19H23ClFN5O3S. The Balaban J connectivity index is 1.54. The molecule has 4 N–H and O–H groups in total. The van der Waals surface area contributed by atoms with Crippen LogP contribution in [-0.4, -0.2) is 47.4 Å². The monoisotopic (exact) mass is 455 g/mol. The van der Waals surface area contributed by atoms with Crippen LogP contribution >= 0.6 is 23.1 Å². The van der Waals surface area contributed by atoms with Crippen molar-refractivity contribution in [3.8, 4) is 5.88 Å². The van der Waals surface area contributed by atoms with Gasteiger partial charge in [-0.3, -0.25) is 10.1 Å². The molecule has 162 valence electrons. The maximum absolute atomic E-state index is 13.9. The number of carbonyl (C=O) groups excluding carboxylic acids is 2. The minimum absolute atomic E-state index is 0.0541. The number of nitrogens with two attached hydrogens (primary N) is 1. The van der Waals surface area contributed by atoms with Crippen molar-refractivity contribution < 1.29 is 18.7 Å². The van der Waals surface area contributed by atoms with Crippen LogP contribution in [-0.2, 0) is 6.61 Å². The standard InChI is InChI=1S/C19H23ClFN5O3S/c20-13-5-4-12(14(21)10-13)11-29-17-15(16(22)27)18(30-25-17)24-19(28)23-6-3-9-26-7-1-2-8-26/h4-5,10H,1-3,6-9,11H2,(H2,22,27)(H2,23,24,28). The number of aromatic nitrogens is 1. The topological polar surface area (TPSA) is 110 Å². The summed E-state index contributed by atoms with van der Waals surface area (Å²) < 4.78 is 23.4. The van der Waals surface area contributed by atoms with Crippen LogP contribution in [0.15, 0.2) is 18.2 Å². The number of anilines is 1. The second-order valence-electron chi connectivity index (χ2n) is 6.86. The highest BCUT2D eigenvalue weighted by Gasteiger charge is 2.22. The number of nitrogens with zero attached hydrogens (tertiary/aromatic N) is 2. The number of rotatable bonds is 9. The molecule has 1 fully saturated rings. The highest BCUT2D eigenvalue weighted by atomic mass is 35.5. The number of urea groups is 1. The normalized spacial score (nSPS) is 13.9. The van der Waals surface area contributed by atoms with E-state index in [1.807, 2.05) is 0 Å². The average Bonchev–Trinajstić information content (AvgIpc) is 3.34. The van der Waals surface area contributed by atoms with Crippen LogP contribution in [0.2, 0.25) is 5.02 Å². The van der Waals surface area contributed by atoms with E-state index < -0.39 is 17.8 Å². The van der Waals surface area contributed by atoms with Gasteiger partial charge in [0.1, 0.15) is 23.0 Å². The van der Waals surface area contributed by atoms with Crippen molar-refractivity contribution in [2.75, 3.05) is 31.5 Å². The summed E-state index contributed by atoms with van der Waals surface area (Å²) in [6.45, 7) is 3.49. The van der Waals surface area contributed by atoms with Gasteiger partial charge in [0.2, 0.25) is 5.88 Å². The quantitative estimate of drug-likeness (QED) is 0.503. The highest BCUT2D eigenvalue weighted by Crippen LogP contribution is 2.31. The minimum Gasteiger partial charge on any atom is -0.471 e. The van der Waals surface area contributed by atoms with E-state index in [1.165, 1.54) is 25.0 Å². The smallest absolute Gasteiger partial charge is 0.319 e. The Morgan fingerprint density at radius 1 is 1.33 bits per heavy atom. The van der Waals surface area contributed by atoms with Gasteiger partial charge in [0, 0.05) is 17.1 Å². The Bertz CT molecular complexity index is 904. The van der Waals surface area contributed by atoms with Gasteiger partial charge in [-0.2, -0.15) is 4.37 Å².